The van der Waals surface area contributed by atoms with Crippen LogP contribution in [0.15, 0.2) is 53.5 Å². The van der Waals surface area contributed by atoms with Crippen molar-refractivity contribution < 1.29 is 19.1 Å². The molecule has 0 saturated carbocycles. The van der Waals surface area contributed by atoms with Gasteiger partial charge in [0.25, 0.3) is 0 Å². The molecule has 34 heavy (non-hydrogen) atoms. The van der Waals surface area contributed by atoms with Crippen LogP contribution in [0, 0.1) is 18.8 Å². The molecule has 2 aromatic carbocycles. The number of benzene rings is 2. The van der Waals surface area contributed by atoms with Crippen molar-refractivity contribution >= 4 is 23.6 Å². The zero-order valence-corrected chi connectivity index (χ0v) is 20.7. The third kappa shape index (κ3) is 9.94. The number of ether oxygens (including phenoxy) is 2. The van der Waals surface area contributed by atoms with Gasteiger partial charge in [0.2, 0.25) is 5.96 Å². The van der Waals surface area contributed by atoms with Crippen LogP contribution in [0.1, 0.15) is 38.3 Å². The number of carbonyl (C=O) groups is 2. The molecule has 0 aliphatic carbocycles. The maximum absolute atomic E-state index is 12.4. The van der Waals surface area contributed by atoms with Crippen LogP contribution in [0.2, 0.25) is 0 Å². The van der Waals surface area contributed by atoms with Crippen molar-refractivity contribution in [3.63, 3.8) is 0 Å². The van der Waals surface area contributed by atoms with Gasteiger partial charge in [-0.15, -0.1) is 0 Å². The summed E-state index contributed by atoms with van der Waals surface area (Å²) in [4.78, 5) is 28.5. The standard InChI is InChI=1S/C26H36N4O4/c1-18(2)14-15-34-23-12-10-22(11-13-23)29-25(27-17-21-8-6-19(3)7-9-21)30-26(32)28-16-20(4)24(31)33-5/h6-13,18,20H,14-17H2,1-5H3,(H3,27,28,29,30,32)/t20-/m0/s1. The van der Waals surface area contributed by atoms with E-state index in [2.05, 4.69) is 39.5 Å². The molecular formula is C26H36N4O4. The number of aliphatic imine (C=N–C) groups is 1. The van der Waals surface area contributed by atoms with Gasteiger partial charge in [0, 0.05) is 12.2 Å². The number of hydrogen-bond acceptors (Lipinski definition) is 5. The Kier molecular flexibility index (Phi) is 10.9. The lowest BCUT2D eigenvalue weighted by Gasteiger charge is -2.15. The van der Waals surface area contributed by atoms with E-state index >= 15 is 0 Å². The van der Waals surface area contributed by atoms with Crippen LogP contribution in [0.3, 0.4) is 0 Å². The maximum Gasteiger partial charge on any atom is 0.321 e. The molecule has 0 heterocycles. The highest BCUT2D eigenvalue weighted by Crippen LogP contribution is 2.16. The molecule has 2 amide bonds. The van der Waals surface area contributed by atoms with Crippen LogP contribution in [0.25, 0.3) is 0 Å². The van der Waals surface area contributed by atoms with Gasteiger partial charge in [0.05, 0.1) is 26.2 Å². The van der Waals surface area contributed by atoms with Crippen molar-refractivity contribution in [1.29, 1.82) is 0 Å². The summed E-state index contributed by atoms with van der Waals surface area (Å²) in [6.07, 6.45) is 0.990. The molecule has 0 spiro atoms. The molecule has 0 aliphatic heterocycles. The molecule has 0 radical (unpaired) electrons. The zero-order chi connectivity index (χ0) is 24.9. The number of hydrogen-bond donors (Lipinski definition) is 3. The Balaban J connectivity index is 2.04. The molecule has 1 atom stereocenters. The number of methoxy groups -OCH3 is 1. The minimum Gasteiger partial charge on any atom is -0.494 e. The number of rotatable bonds is 10. The lowest BCUT2D eigenvalue weighted by Crippen LogP contribution is -2.44. The number of guanidine groups is 1. The van der Waals surface area contributed by atoms with Crippen molar-refractivity contribution in [1.82, 2.24) is 10.6 Å². The van der Waals surface area contributed by atoms with Crippen LogP contribution in [0.4, 0.5) is 10.5 Å². The number of aryl methyl sites for hydroxylation is 1. The third-order valence-corrected chi connectivity index (χ3v) is 5.03. The molecule has 0 saturated heterocycles. The number of amides is 2. The predicted octanol–water partition coefficient (Wildman–Crippen LogP) is 4.50. The Morgan fingerprint density at radius 2 is 1.68 bits per heavy atom. The summed E-state index contributed by atoms with van der Waals surface area (Å²) in [7, 11) is 1.32. The SMILES string of the molecule is COC(=O)[C@@H](C)CNC(=O)NC(=NCc1ccc(C)cc1)Nc1ccc(OCCC(C)C)cc1. The van der Waals surface area contributed by atoms with Gasteiger partial charge < -0.3 is 20.1 Å². The van der Waals surface area contributed by atoms with Crippen LogP contribution in [-0.2, 0) is 16.1 Å². The van der Waals surface area contributed by atoms with E-state index in [1.54, 1.807) is 6.92 Å². The first kappa shape index (κ1) is 26.7. The summed E-state index contributed by atoms with van der Waals surface area (Å²) in [5.74, 6) is 0.812. The summed E-state index contributed by atoms with van der Waals surface area (Å²) in [5.41, 5.74) is 2.93. The second-order valence-corrected chi connectivity index (χ2v) is 8.59. The van der Waals surface area contributed by atoms with Crippen LogP contribution in [-0.4, -0.2) is 38.2 Å². The van der Waals surface area contributed by atoms with Gasteiger partial charge in [-0.05, 0) is 49.1 Å². The van der Waals surface area contributed by atoms with E-state index in [4.69, 9.17) is 4.74 Å². The zero-order valence-electron chi connectivity index (χ0n) is 20.7. The van der Waals surface area contributed by atoms with E-state index in [0.29, 0.717) is 19.1 Å². The minimum atomic E-state index is -0.473. The Bertz CT molecular complexity index is 940. The van der Waals surface area contributed by atoms with E-state index in [1.807, 2.05) is 55.5 Å². The maximum atomic E-state index is 12.4. The Labute approximate surface area is 202 Å². The van der Waals surface area contributed by atoms with E-state index in [-0.39, 0.29) is 18.5 Å². The molecule has 0 aromatic heterocycles. The molecule has 0 bridgehead atoms. The summed E-state index contributed by atoms with van der Waals surface area (Å²) in [6, 6.07) is 15.0. The first-order valence-electron chi connectivity index (χ1n) is 11.5. The monoisotopic (exact) mass is 468 g/mol. The van der Waals surface area contributed by atoms with E-state index < -0.39 is 11.9 Å². The Morgan fingerprint density at radius 1 is 1.00 bits per heavy atom. The molecule has 3 N–H and O–H groups in total. The molecule has 8 heteroatoms. The molecule has 0 aliphatic rings. The van der Waals surface area contributed by atoms with E-state index in [1.165, 1.54) is 12.7 Å². The molecule has 8 nitrogen and oxygen atoms in total. The lowest BCUT2D eigenvalue weighted by atomic mass is 10.1. The Morgan fingerprint density at radius 3 is 2.29 bits per heavy atom. The summed E-state index contributed by atoms with van der Waals surface area (Å²) < 4.78 is 10.5. The van der Waals surface area contributed by atoms with Crippen molar-refractivity contribution in [3.8, 4) is 5.75 Å². The van der Waals surface area contributed by atoms with Gasteiger partial charge in [-0.2, -0.15) is 0 Å². The molecule has 0 unspecified atom stereocenters. The van der Waals surface area contributed by atoms with Crippen molar-refractivity contribution in [3.05, 3.63) is 59.7 Å². The van der Waals surface area contributed by atoms with E-state index in [0.717, 1.165) is 23.4 Å². The molecular weight excluding hydrogens is 432 g/mol. The highest BCUT2D eigenvalue weighted by atomic mass is 16.5. The fourth-order valence-corrected chi connectivity index (χ4v) is 2.84. The van der Waals surface area contributed by atoms with Crippen LogP contribution >= 0.6 is 0 Å². The van der Waals surface area contributed by atoms with Crippen molar-refractivity contribution in [2.75, 3.05) is 25.6 Å². The number of nitrogens with one attached hydrogen (secondary N) is 3. The number of nitrogens with zero attached hydrogens (tertiary/aromatic N) is 1. The molecule has 2 rings (SSSR count). The van der Waals surface area contributed by atoms with Gasteiger partial charge in [-0.25, -0.2) is 9.79 Å². The van der Waals surface area contributed by atoms with Gasteiger partial charge in [-0.3, -0.25) is 10.1 Å². The van der Waals surface area contributed by atoms with Crippen molar-refractivity contribution in [2.45, 2.75) is 40.7 Å². The van der Waals surface area contributed by atoms with Gasteiger partial charge >= 0.3 is 12.0 Å². The summed E-state index contributed by atoms with van der Waals surface area (Å²) in [5, 5.41) is 8.54. The number of urea groups is 1. The number of esters is 1. The smallest absolute Gasteiger partial charge is 0.321 e. The average molecular weight is 469 g/mol. The predicted molar refractivity (Wildman–Crippen MR) is 135 cm³/mol. The van der Waals surface area contributed by atoms with Gasteiger partial charge in [0.15, 0.2) is 0 Å². The highest BCUT2D eigenvalue weighted by molar-refractivity contribution is 6.03. The minimum absolute atomic E-state index is 0.145. The number of carbonyl (C=O) groups excluding carboxylic acids is 2. The van der Waals surface area contributed by atoms with Crippen LogP contribution < -0.4 is 20.7 Å². The topological polar surface area (TPSA) is 101 Å². The average Bonchev–Trinajstić information content (AvgIpc) is 2.82. The summed E-state index contributed by atoms with van der Waals surface area (Å²) >= 11 is 0. The Hall–Kier alpha value is -3.55. The first-order valence-corrected chi connectivity index (χ1v) is 11.5. The summed E-state index contributed by atoms with van der Waals surface area (Å²) in [6.45, 7) is 9.22. The van der Waals surface area contributed by atoms with Crippen LogP contribution in [0.5, 0.6) is 5.75 Å². The quantitative estimate of drug-likeness (QED) is 0.271. The van der Waals surface area contributed by atoms with Gasteiger partial charge in [0.1, 0.15) is 5.75 Å². The third-order valence-electron chi connectivity index (χ3n) is 5.03. The molecule has 0 fully saturated rings. The second kappa shape index (κ2) is 13.9. The molecule has 184 valence electrons. The van der Waals surface area contributed by atoms with E-state index in [9.17, 15) is 9.59 Å². The fraction of sp³-hybridized carbons (Fsp3) is 0.423. The first-order chi connectivity index (χ1) is 16.3. The largest absolute Gasteiger partial charge is 0.494 e. The fourth-order valence-electron chi connectivity index (χ4n) is 2.84. The van der Waals surface area contributed by atoms with Crippen molar-refractivity contribution in [2.24, 2.45) is 16.8 Å². The normalized spacial score (nSPS) is 12.1. The second-order valence-electron chi connectivity index (χ2n) is 8.59. The highest BCUT2D eigenvalue weighted by Gasteiger charge is 2.15. The molecule has 2 aromatic rings. The van der Waals surface area contributed by atoms with Gasteiger partial charge in [-0.1, -0.05) is 50.6 Å². The lowest BCUT2D eigenvalue weighted by molar-refractivity contribution is -0.144. The number of anilines is 1.